The zero-order valence-corrected chi connectivity index (χ0v) is 12.9. The van der Waals surface area contributed by atoms with Crippen LogP contribution in [0.1, 0.15) is 33.1 Å². The molecule has 1 aromatic carbocycles. The normalized spacial score (nSPS) is 11.4. The molecule has 0 heterocycles. The minimum Gasteiger partial charge on any atom is -0.493 e. The molecule has 106 valence electrons. The predicted octanol–water partition coefficient (Wildman–Crippen LogP) is 4.10. The first-order valence-electron chi connectivity index (χ1n) is 6.25. The van der Waals surface area contributed by atoms with Crippen molar-refractivity contribution in [2.45, 2.75) is 33.1 Å². The van der Waals surface area contributed by atoms with Crippen molar-refractivity contribution in [1.82, 2.24) is 0 Å². The summed E-state index contributed by atoms with van der Waals surface area (Å²) in [5.41, 5.74) is 5.25. The van der Waals surface area contributed by atoms with Crippen LogP contribution in [-0.2, 0) is 0 Å². The van der Waals surface area contributed by atoms with E-state index in [0.29, 0.717) is 16.8 Å². The van der Waals surface area contributed by atoms with E-state index in [1.165, 1.54) is 12.1 Å². The van der Waals surface area contributed by atoms with Gasteiger partial charge in [0.1, 0.15) is 11.6 Å². The number of benzene rings is 1. The minimum atomic E-state index is -0.318. The molecule has 1 aromatic rings. The van der Waals surface area contributed by atoms with Crippen LogP contribution in [0.3, 0.4) is 0 Å². The van der Waals surface area contributed by atoms with Crippen LogP contribution >= 0.6 is 15.9 Å². The molecule has 0 radical (unpaired) electrons. The van der Waals surface area contributed by atoms with Crippen LogP contribution < -0.4 is 10.5 Å². The number of hydrogen-bond donors (Lipinski definition) is 2. The van der Waals surface area contributed by atoms with Crippen molar-refractivity contribution in [3.8, 4) is 5.75 Å². The van der Waals surface area contributed by atoms with E-state index in [9.17, 15) is 4.39 Å². The van der Waals surface area contributed by atoms with Crippen molar-refractivity contribution in [1.29, 1.82) is 5.41 Å². The van der Waals surface area contributed by atoms with Crippen LogP contribution in [0.15, 0.2) is 22.7 Å². The summed E-state index contributed by atoms with van der Waals surface area (Å²) in [7, 11) is 0. The molecule has 0 fully saturated rings. The number of rotatable bonds is 7. The van der Waals surface area contributed by atoms with Crippen molar-refractivity contribution >= 4 is 21.8 Å². The van der Waals surface area contributed by atoms with Gasteiger partial charge in [-0.05, 0) is 31.4 Å². The average Bonchev–Trinajstić information content (AvgIpc) is 2.26. The third kappa shape index (κ3) is 5.59. The van der Waals surface area contributed by atoms with Gasteiger partial charge in [0.2, 0.25) is 0 Å². The molecule has 0 aromatic heterocycles. The van der Waals surface area contributed by atoms with E-state index in [-0.39, 0.29) is 17.1 Å². The summed E-state index contributed by atoms with van der Waals surface area (Å²) < 4.78 is 19.3. The maximum Gasteiger partial charge on any atom is 0.128 e. The van der Waals surface area contributed by atoms with E-state index in [0.717, 1.165) is 19.3 Å². The number of halogens is 2. The van der Waals surface area contributed by atoms with Crippen molar-refractivity contribution in [3.63, 3.8) is 0 Å². The maximum absolute atomic E-state index is 13.1. The summed E-state index contributed by atoms with van der Waals surface area (Å²) in [4.78, 5) is 0. The Kier molecular flexibility index (Phi) is 5.79. The fourth-order valence-corrected chi connectivity index (χ4v) is 2.05. The second-order valence-corrected chi connectivity index (χ2v) is 6.12. The Bertz CT molecular complexity index is 429. The lowest BCUT2D eigenvalue weighted by molar-refractivity contribution is 0.295. The smallest absolute Gasteiger partial charge is 0.128 e. The highest BCUT2D eigenvalue weighted by atomic mass is 79.9. The van der Waals surface area contributed by atoms with Crippen molar-refractivity contribution in [2.24, 2.45) is 11.1 Å². The summed E-state index contributed by atoms with van der Waals surface area (Å²) >= 11 is 3.22. The molecular formula is C14H20BrFN2O. The van der Waals surface area contributed by atoms with Gasteiger partial charge in [-0.3, -0.25) is 5.41 Å². The van der Waals surface area contributed by atoms with Gasteiger partial charge in [0.05, 0.1) is 12.4 Å². The van der Waals surface area contributed by atoms with Gasteiger partial charge in [0.25, 0.3) is 0 Å². The monoisotopic (exact) mass is 330 g/mol. The number of nitrogens with two attached hydrogens (primary N) is 1. The van der Waals surface area contributed by atoms with Crippen molar-refractivity contribution in [2.75, 3.05) is 6.61 Å². The van der Waals surface area contributed by atoms with E-state index < -0.39 is 0 Å². The fourth-order valence-electron chi connectivity index (χ4n) is 1.61. The molecule has 0 atom stereocenters. The molecule has 0 amide bonds. The standard InChI is InChI=1S/C14H20BrFN2O/c1-14(2,13(17)18)5-3-4-6-19-12-8-10(15)7-11(16)9-12/h7-9H,3-6H2,1-2H3,(H3,17,18). The molecular weight excluding hydrogens is 311 g/mol. The molecule has 3 nitrogen and oxygen atoms in total. The Balaban J connectivity index is 2.30. The topological polar surface area (TPSA) is 59.1 Å². The highest BCUT2D eigenvalue weighted by Gasteiger charge is 2.20. The molecule has 3 N–H and O–H groups in total. The molecule has 19 heavy (non-hydrogen) atoms. The molecule has 1 rings (SSSR count). The van der Waals surface area contributed by atoms with E-state index in [4.69, 9.17) is 15.9 Å². The van der Waals surface area contributed by atoms with Gasteiger partial charge in [-0.2, -0.15) is 0 Å². The van der Waals surface area contributed by atoms with Crippen molar-refractivity contribution < 1.29 is 9.13 Å². The zero-order chi connectivity index (χ0) is 14.5. The number of hydrogen-bond acceptors (Lipinski definition) is 2. The van der Waals surface area contributed by atoms with Crippen LogP contribution in [0.25, 0.3) is 0 Å². The van der Waals surface area contributed by atoms with Crippen LogP contribution in [-0.4, -0.2) is 12.4 Å². The van der Waals surface area contributed by atoms with Gasteiger partial charge in [-0.1, -0.05) is 29.8 Å². The third-order valence-corrected chi connectivity index (χ3v) is 3.49. The Labute approximate surface area is 122 Å². The van der Waals surface area contributed by atoms with Gasteiger partial charge in [0, 0.05) is 16.0 Å². The lowest BCUT2D eigenvalue weighted by Gasteiger charge is -2.22. The maximum atomic E-state index is 13.1. The quantitative estimate of drug-likeness (QED) is 0.449. The number of amidine groups is 1. The first kappa shape index (κ1) is 16.0. The second-order valence-electron chi connectivity index (χ2n) is 5.21. The summed E-state index contributed by atoms with van der Waals surface area (Å²) in [6, 6.07) is 4.50. The molecule has 5 heteroatoms. The van der Waals surface area contributed by atoms with E-state index in [2.05, 4.69) is 15.9 Å². The summed E-state index contributed by atoms with van der Waals surface area (Å²) in [5, 5.41) is 7.46. The van der Waals surface area contributed by atoms with E-state index in [1.807, 2.05) is 13.8 Å². The van der Waals surface area contributed by atoms with Gasteiger partial charge in [-0.15, -0.1) is 0 Å². The third-order valence-electron chi connectivity index (χ3n) is 3.03. The Morgan fingerprint density at radius 2 is 2.05 bits per heavy atom. The number of unbranched alkanes of at least 4 members (excludes halogenated alkanes) is 1. The number of nitrogens with one attached hydrogen (secondary N) is 1. The highest BCUT2D eigenvalue weighted by Crippen LogP contribution is 2.23. The second kappa shape index (κ2) is 6.89. The van der Waals surface area contributed by atoms with Crippen LogP contribution in [0.4, 0.5) is 4.39 Å². The molecule has 0 saturated carbocycles. The largest absolute Gasteiger partial charge is 0.493 e. The molecule has 0 aliphatic heterocycles. The summed E-state index contributed by atoms with van der Waals surface area (Å²) in [5.74, 6) is 0.419. The Morgan fingerprint density at radius 1 is 1.37 bits per heavy atom. The Hall–Kier alpha value is -1.10. The zero-order valence-electron chi connectivity index (χ0n) is 11.3. The molecule has 0 aliphatic carbocycles. The number of ether oxygens (including phenoxy) is 1. The van der Waals surface area contributed by atoms with Gasteiger partial charge < -0.3 is 10.5 Å². The predicted molar refractivity (Wildman–Crippen MR) is 79.1 cm³/mol. The van der Waals surface area contributed by atoms with Gasteiger partial charge in [0.15, 0.2) is 0 Å². The van der Waals surface area contributed by atoms with E-state index >= 15 is 0 Å². The van der Waals surface area contributed by atoms with Gasteiger partial charge in [-0.25, -0.2) is 4.39 Å². The fraction of sp³-hybridized carbons (Fsp3) is 0.500. The summed E-state index contributed by atoms with van der Waals surface area (Å²) in [6.45, 7) is 4.45. The minimum absolute atomic E-state index is 0.211. The average molecular weight is 331 g/mol. The first-order valence-corrected chi connectivity index (χ1v) is 7.04. The van der Waals surface area contributed by atoms with Crippen LogP contribution in [0, 0.1) is 16.6 Å². The lowest BCUT2D eigenvalue weighted by Crippen LogP contribution is -2.30. The Morgan fingerprint density at radius 3 is 2.63 bits per heavy atom. The molecule has 0 aliphatic rings. The lowest BCUT2D eigenvalue weighted by atomic mass is 9.86. The molecule has 0 saturated heterocycles. The van der Waals surface area contributed by atoms with Crippen molar-refractivity contribution in [3.05, 3.63) is 28.5 Å². The van der Waals surface area contributed by atoms with E-state index in [1.54, 1.807) is 6.07 Å². The highest BCUT2D eigenvalue weighted by molar-refractivity contribution is 9.10. The molecule has 0 bridgehead atoms. The SMILES string of the molecule is CC(C)(CCCCOc1cc(F)cc(Br)c1)C(=N)N. The van der Waals surface area contributed by atoms with Gasteiger partial charge >= 0.3 is 0 Å². The molecule has 0 spiro atoms. The van der Waals surface area contributed by atoms with Crippen LogP contribution in [0.2, 0.25) is 0 Å². The van der Waals surface area contributed by atoms with Crippen LogP contribution in [0.5, 0.6) is 5.75 Å². The molecule has 0 unspecified atom stereocenters. The first-order chi connectivity index (χ1) is 8.81. The summed E-state index contributed by atoms with van der Waals surface area (Å²) in [6.07, 6.45) is 2.62.